The molecule has 0 unspecified atom stereocenters. The molecule has 0 aliphatic heterocycles. The Balaban J connectivity index is 2.63. The molecule has 0 fully saturated rings. The fourth-order valence-corrected chi connectivity index (χ4v) is 2.02. The number of aliphatic hydroxyl groups excluding tert-OH is 1. The van der Waals surface area contributed by atoms with Crippen LogP contribution in [0.5, 0.6) is 0 Å². The summed E-state index contributed by atoms with van der Waals surface area (Å²) in [7, 11) is 0. The van der Waals surface area contributed by atoms with E-state index in [2.05, 4.69) is 31.3 Å². The summed E-state index contributed by atoms with van der Waals surface area (Å²) in [4.78, 5) is 1.94. The highest BCUT2D eigenvalue weighted by atomic mass is 32.1. The van der Waals surface area contributed by atoms with Crippen molar-refractivity contribution in [3.63, 3.8) is 0 Å². The number of nitrogens with zero attached hydrogens (tertiary/aromatic N) is 1. The molecule has 0 amide bonds. The molecule has 0 spiro atoms. The second kappa shape index (κ2) is 7.34. The van der Waals surface area contributed by atoms with E-state index >= 15 is 0 Å². The number of benzene rings is 1. The minimum absolute atomic E-state index is 0.113. The molecule has 0 aliphatic rings. The normalized spacial score (nSPS) is 10.5. The summed E-state index contributed by atoms with van der Waals surface area (Å²) >= 11 is 5.31. The number of likely N-dealkylation sites (N-methyl/N-ethyl adjacent to an activating group) is 1. The van der Waals surface area contributed by atoms with Gasteiger partial charge in [-0.1, -0.05) is 26.0 Å². The minimum atomic E-state index is 0.113. The third-order valence-corrected chi connectivity index (χ3v) is 3.23. The van der Waals surface area contributed by atoms with E-state index in [1.807, 2.05) is 24.0 Å². The highest BCUT2D eigenvalue weighted by Gasteiger charge is 2.07. The first-order valence-electron chi connectivity index (χ1n) is 6.35. The largest absolute Gasteiger partial charge is 0.395 e. The Morgan fingerprint density at radius 1 is 1.33 bits per heavy atom. The smallest absolute Gasteiger partial charge is 0.173 e. The first-order valence-corrected chi connectivity index (χ1v) is 6.76. The summed E-state index contributed by atoms with van der Waals surface area (Å²) in [6.07, 6.45) is 0. The Labute approximate surface area is 115 Å². The van der Waals surface area contributed by atoms with Crippen molar-refractivity contribution in [3.05, 3.63) is 29.8 Å². The first-order chi connectivity index (χ1) is 8.58. The van der Waals surface area contributed by atoms with Gasteiger partial charge < -0.3 is 15.3 Å². The van der Waals surface area contributed by atoms with Crippen LogP contribution < -0.4 is 5.32 Å². The third kappa shape index (κ3) is 4.27. The zero-order valence-corrected chi connectivity index (χ0v) is 12.1. The highest BCUT2D eigenvalue weighted by Crippen LogP contribution is 2.17. The monoisotopic (exact) mass is 266 g/mol. The fraction of sp³-hybridized carbons (Fsp3) is 0.500. The molecule has 0 aliphatic carbocycles. The molecular formula is C14H22N2OS. The number of nitrogens with one attached hydrogen (secondary N) is 1. The lowest BCUT2D eigenvalue weighted by Gasteiger charge is -2.23. The molecule has 3 nitrogen and oxygen atoms in total. The van der Waals surface area contributed by atoms with Crippen LogP contribution in [0.3, 0.4) is 0 Å². The van der Waals surface area contributed by atoms with Crippen LogP contribution in [0.25, 0.3) is 0 Å². The second-order valence-corrected chi connectivity index (χ2v) is 4.90. The van der Waals surface area contributed by atoms with Crippen molar-refractivity contribution in [2.75, 3.05) is 25.0 Å². The Hall–Kier alpha value is -1.13. The van der Waals surface area contributed by atoms with Crippen molar-refractivity contribution < 1.29 is 5.11 Å². The van der Waals surface area contributed by atoms with Crippen LogP contribution in [-0.2, 0) is 0 Å². The molecule has 0 atom stereocenters. The molecule has 0 heterocycles. The second-order valence-electron chi connectivity index (χ2n) is 4.51. The molecule has 2 N–H and O–H groups in total. The van der Waals surface area contributed by atoms with Gasteiger partial charge in [0.2, 0.25) is 0 Å². The van der Waals surface area contributed by atoms with Crippen LogP contribution in [0.4, 0.5) is 5.69 Å². The maximum Gasteiger partial charge on any atom is 0.173 e. The van der Waals surface area contributed by atoms with E-state index in [0.29, 0.717) is 17.6 Å². The third-order valence-electron chi connectivity index (χ3n) is 2.87. The van der Waals surface area contributed by atoms with Gasteiger partial charge in [-0.25, -0.2) is 0 Å². The van der Waals surface area contributed by atoms with Gasteiger partial charge in [-0.2, -0.15) is 0 Å². The molecule has 18 heavy (non-hydrogen) atoms. The van der Waals surface area contributed by atoms with Crippen LogP contribution in [0.15, 0.2) is 24.3 Å². The van der Waals surface area contributed by atoms with Gasteiger partial charge >= 0.3 is 0 Å². The van der Waals surface area contributed by atoms with Crippen molar-refractivity contribution >= 4 is 23.0 Å². The maximum absolute atomic E-state index is 8.95. The number of anilines is 1. The number of rotatable bonds is 5. The van der Waals surface area contributed by atoms with Gasteiger partial charge in [0.05, 0.1) is 6.61 Å². The SMILES string of the molecule is CCN(CCO)C(=S)Nc1ccc(C(C)C)cc1. The van der Waals surface area contributed by atoms with E-state index in [4.69, 9.17) is 17.3 Å². The molecule has 0 saturated heterocycles. The molecule has 0 radical (unpaired) electrons. The van der Waals surface area contributed by atoms with E-state index in [-0.39, 0.29) is 6.61 Å². The Morgan fingerprint density at radius 3 is 2.39 bits per heavy atom. The summed E-state index contributed by atoms with van der Waals surface area (Å²) in [6, 6.07) is 8.29. The molecule has 0 bridgehead atoms. The van der Waals surface area contributed by atoms with Gasteiger partial charge in [0.25, 0.3) is 0 Å². The zero-order chi connectivity index (χ0) is 13.5. The fourth-order valence-electron chi connectivity index (χ4n) is 1.68. The van der Waals surface area contributed by atoms with Crippen molar-refractivity contribution in [2.45, 2.75) is 26.7 Å². The number of hydrogen-bond donors (Lipinski definition) is 2. The van der Waals surface area contributed by atoms with Crippen molar-refractivity contribution in [3.8, 4) is 0 Å². The Kier molecular flexibility index (Phi) is 6.09. The predicted molar refractivity (Wildman–Crippen MR) is 81.1 cm³/mol. The van der Waals surface area contributed by atoms with Gasteiger partial charge in [-0.3, -0.25) is 0 Å². The molecule has 0 saturated carbocycles. The van der Waals surface area contributed by atoms with Crippen LogP contribution in [0.1, 0.15) is 32.3 Å². The average Bonchev–Trinajstić information content (AvgIpc) is 2.36. The van der Waals surface area contributed by atoms with Gasteiger partial charge in [0, 0.05) is 18.8 Å². The summed E-state index contributed by atoms with van der Waals surface area (Å²) in [5.41, 5.74) is 2.30. The maximum atomic E-state index is 8.95. The van der Waals surface area contributed by atoms with Crippen LogP contribution >= 0.6 is 12.2 Å². The molecule has 1 aromatic carbocycles. The minimum Gasteiger partial charge on any atom is -0.395 e. The predicted octanol–water partition coefficient (Wildman–Crippen LogP) is 2.82. The molecule has 100 valence electrons. The lowest BCUT2D eigenvalue weighted by molar-refractivity contribution is 0.254. The van der Waals surface area contributed by atoms with Crippen molar-refractivity contribution in [1.82, 2.24) is 4.90 Å². The van der Waals surface area contributed by atoms with Crippen molar-refractivity contribution in [2.24, 2.45) is 0 Å². The van der Waals surface area contributed by atoms with E-state index in [1.165, 1.54) is 5.56 Å². The highest BCUT2D eigenvalue weighted by molar-refractivity contribution is 7.80. The first kappa shape index (κ1) is 14.9. The molecule has 1 rings (SSSR count). The summed E-state index contributed by atoms with van der Waals surface area (Å²) in [5, 5.41) is 12.8. The number of aliphatic hydroxyl groups is 1. The summed E-state index contributed by atoms with van der Waals surface area (Å²) < 4.78 is 0. The number of thiocarbonyl (C=S) groups is 1. The lowest BCUT2D eigenvalue weighted by atomic mass is 10.0. The van der Waals surface area contributed by atoms with Crippen molar-refractivity contribution in [1.29, 1.82) is 0 Å². The van der Waals surface area contributed by atoms with Gasteiger partial charge in [-0.15, -0.1) is 0 Å². The summed E-state index contributed by atoms with van der Waals surface area (Å²) in [5.74, 6) is 0.535. The van der Waals surface area contributed by atoms with E-state index in [0.717, 1.165) is 12.2 Å². The molecular weight excluding hydrogens is 244 g/mol. The Morgan fingerprint density at radius 2 is 1.94 bits per heavy atom. The van der Waals surface area contributed by atoms with Crippen LogP contribution in [0, 0.1) is 0 Å². The average molecular weight is 266 g/mol. The van der Waals surface area contributed by atoms with Crippen LogP contribution in [0.2, 0.25) is 0 Å². The van der Waals surface area contributed by atoms with E-state index < -0.39 is 0 Å². The van der Waals surface area contributed by atoms with E-state index in [9.17, 15) is 0 Å². The topological polar surface area (TPSA) is 35.5 Å². The van der Waals surface area contributed by atoms with Gasteiger partial charge in [-0.05, 0) is 42.8 Å². The number of hydrogen-bond acceptors (Lipinski definition) is 2. The summed E-state index contributed by atoms with van der Waals surface area (Å²) in [6.45, 7) is 7.83. The van der Waals surface area contributed by atoms with Crippen LogP contribution in [-0.4, -0.2) is 34.8 Å². The molecule has 1 aromatic rings. The van der Waals surface area contributed by atoms with Gasteiger partial charge in [0.15, 0.2) is 5.11 Å². The standard InChI is InChI=1S/C14H22N2OS/c1-4-16(9-10-17)14(18)15-13-7-5-12(6-8-13)11(2)3/h5-8,11,17H,4,9-10H2,1-3H3,(H,15,18). The molecule has 0 aromatic heterocycles. The zero-order valence-electron chi connectivity index (χ0n) is 11.3. The quantitative estimate of drug-likeness (QED) is 0.803. The molecule has 4 heteroatoms. The lowest BCUT2D eigenvalue weighted by Crippen LogP contribution is -2.36. The Bertz CT molecular complexity index is 376. The van der Waals surface area contributed by atoms with E-state index in [1.54, 1.807) is 0 Å². The van der Waals surface area contributed by atoms with Gasteiger partial charge in [0.1, 0.15) is 0 Å².